The minimum atomic E-state index is -0.683. The van der Waals surface area contributed by atoms with Gasteiger partial charge in [-0.1, -0.05) is 30.3 Å². The van der Waals surface area contributed by atoms with Crippen molar-refractivity contribution in [2.24, 2.45) is 5.92 Å². The van der Waals surface area contributed by atoms with E-state index in [-0.39, 0.29) is 31.1 Å². The van der Waals surface area contributed by atoms with Gasteiger partial charge in [0, 0.05) is 6.54 Å². The molecule has 1 aromatic rings. The standard InChI is InChI=1S/C17H23NO5/c1-12(19)15-9-8-14(16(20)22-2)10-18(15)17(21)23-11-13-6-4-3-5-7-13/h3-7,12,14-15,19H,8-11H2,1-2H3/t12?,14-,15+/m1/s1. The number of ether oxygens (including phenoxy) is 2. The first kappa shape index (κ1) is 17.3. The molecular formula is C17H23NO5. The number of esters is 1. The molecule has 1 heterocycles. The Morgan fingerprint density at radius 3 is 2.61 bits per heavy atom. The van der Waals surface area contributed by atoms with Crippen molar-refractivity contribution in [3.63, 3.8) is 0 Å². The molecule has 6 heteroatoms. The number of hydrogen-bond acceptors (Lipinski definition) is 5. The molecule has 1 aromatic carbocycles. The van der Waals surface area contributed by atoms with Gasteiger partial charge in [0.2, 0.25) is 0 Å². The lowest BCUT2D eigenvalue weighted by atomic mass is 9.91. The van der Waals surface area contributed by atoms with E-state index in [0.29, 0.717) is 12.8 Å². The number of methoxy groups -OCH3 is 1. The summed E-state index contributed by atoms with van der Waals surface area (Å²) in [4.78, 5) is 25.6. The lowest BCUT2D eigenvalue weighted by Crippen LogP contribution is -2.53. The number of aliphatic hydroxyl groups excluding tert-OH is 1. The summed E-state index contributed by atoms with van der Waals surface area (Å²) in [6.07, 6.45) is -0.0750. The van der Waals surface area contributed by atoms with Crippen molar-refractivity contribution in [2.45, 2.75) is 38.5 Å². The number of rotatable bonds is 4. The molecule has 126 valence electrons. The number of amides is 1. The molecule has 6 nitrogen and oxygen atoms in total. The maximum atomic E-state index is 12.4. The normalized spacial score (nSPS) is 22.3. The van der Waals surface area contributed by atoms with Crippen LogP contribution in [0, 0.1) is 5.92 Å². The number of carbonyl (C=O) groups is 2. The molecule has 0 spiro atoms. The van der Waals surface area contributed by atoms with Crippen molar-refractivity contribution in [1.29, 1.82) is 0 Å². The molecule has 0 aromatic heterocycles. The molecule has 1 unspecified atom stereocenters. The summed E-state index contributed by atoms with van der Waals surface area (Å²) in [5.74, 6) is -0.714. The van der Waals surface area contributed by atoms with E-state index in [2.05, 4.69) is 0 Å². The third-order valence-electron chi connectivity index (χ3n) is 4.16. The Morgan fingerprint density at radius 2 is 2.00 bits per heavy atom. The summed E-state index contributed by atoms with van der Waals surface area (Å²) >= 11 is 0. The predicted molar refractivity (Wildman–Crippen MR) is 83.5 cm³/mol. The van der Waals surface area contributed by atoms with Crippen LogP contribution in [-0.2, 0) is 20.9 Å². The van der Waals surface area contributed by atoms with Gasteiger partial charge in [0.05, 0.1) is 25.2 Å². The summed E-state index contributed by atoms with van der Waals surface area (Å²) in [5, 5.41) is 9.90. The van der Waals surface area contributed by atoms with Gasteiger partial charge in [0.25, 0.3) is 0 Å². The number of likely N-dealkylation sites (tertiary alicyclic amines) is 1. The van der Waals surface area contributed by atoms with E-state index in [4.69, 9.17) is 9.47 Å². The van der Waals surface area contributed by atoms with Crippen molar-refractivity contribution < 1.29 is 24.2 Å². The Labute approximate surface area is 136 Å². The molecular weight excluding hydrogens is 298 g/mol. The second-order valence-electron chi connectivity index (χ2n) is 5.80. The van der Waals surface area contributed by atoms with Gasteiger partial charge in [-0.3, -0.25) is 4.79 Å². The van der Waals surface area contributed by atoms with Crippen LogP contribution >= 0.6 is 0 Å². The number of nitrogens with zero attached hydrogens (tertiary/aromatic N) is 1. The maximum absolute atomic E-state index is 12.4. The quantitative estimate of drug-likeness (QED) is 0.858. The fourth-order valence-electron chi connectivity index (χ4n) is 2.86. The van der Waals surface area contributed by atoms with E-state index < -0.39 is 12.2 Å². The smallest absolute Gasteiger partial charge is 0.410 e. The summed E-state index contributed by atoms with van der Waals surface area (Å²) in [6, 6.07) is 9.02. The van der Waals surface area contributed by atoms with Gasteiger partial charge >= 0.3 is 12.1 Å². The van der Waals surface area contributed by atoms with E-state index in [1.54, 1.807) is 6.92 Å². The lowest BCUT2D eigenvalue weighted by Gasteiger charge is -2.39. The van der Waals surface area contributed by atoms with Gasteiger partial charge < -0.3 is 19.5 Å². The largest absolute Gasteiger partial charge is 0.469 e. The highest BCUT2D eigenvalue weighted by atomic mass is 16.6. The van der Waals surface area contributed by atoms with Crippen molar-refractivity contribution in [3.05, 3.63) is 35.9 Å². The Morgan fingerprint density at radius 1 is 1.30 bits per heavy atom. The molecule has 1 amide bonds. The van der Waals surface area contributed by atoms with Crippen LogP contribution in [0.5, 0.6) is 0 Å². The van der Waals surface area contributed by atoms with E-state index >= 15 is 0 Å². The minimum absolute atomic E-state index is 0.158. The monoisotopic (exact) mass is 321 g/mol. The van der Waals surface area contributed by atoms with Crippen molar-refractivity contribution in [2.75, 3.05) is 13.7 Å². The Hall–Kier alpha value is -2.08. The van der Waals surface area contributed by atoms with Crippen LogP contribution in [-0.4, -0.2) is 47.9 Å². The molecule has 0 radical (unpaired) electrons. The van der Waals surface area contributed by atoms with E-state index in [0.717, 1.165) is 5.56 Å². The first-order valence-corrected chi connectivity index (χ1v) is 7.76. The highest BCUT2D eigenvalue weighted by Crippen LogP contribution is 2.26. The first-order chi connectivity index (χ1) is 11.0. The summed E-state index contributed by atoms with van der Waals surface area (Å²) < 4.78 is 10.1. The molecule has 0 bridgehead atoms. The fourth-order valence-corrected chi connectivity index (χ4v) is 2.86. The predicted octanol–water partition coefficient (Wildman–Crippen LogP) is 1.96. The first-order valence-electron chi connectivity index (χ1n) is 7.76. The van der Waals surface area contributed by atoms with Crippen LogP contribution in [0.25, 0.3) is 0 Å². The molecule has 3 atom stereocenters. The fraction of sp³-hybridized carbons (Fsp3) is 0.529. The van der Waals surface area contributed by atoms with Crippen molar-refractivity contribution in [1.82, 2.24) is 4.90 Å². The average molecular weight is 321 g/mol. The maximum Gasteiger partial charge on any atom is 0.410 e. The van der Waals surface area contributed by atoms with Crippen LogP contribution in [0.2, 0.25) is 0 Å². The van der Waals surface area contributed by atoms with Gasteiger partial charge in [-0.15, -0.1) is 0 Å². The van der Waals surface area contributed by atoms with Gasteiger partial charge in [0.15, 0.2) is 0 Å². The minimum Gasteiger partial charge on any atom is -0.469 e. The van der Waals surface area contributed by atoms with E-state index in [1.165, 1.54) is 12.0 Å². The zero-order valence-corrected chi connectivity index (χ0v) is 13.5. The van der Waals surface area contributed by atoms with E-state index in [9.17, 15) is 14.7 Å². The third kappa shape index (κ3) is 4.45. The highest BCUT2D eigenvalue weighted by Gasteiger charge is 2.38. The van der Waals surface area contributed by atoms with Gasteiger partial charge in [0.1, 0.15) is 6.61 Å². The van der Waals surface area contributed by atoms with Crippen LogP contribution in [0.15, 0.2) is 30.3 Å². The summed E-state index contributed by atoms with van der Waals surface area (Å²) in [6.45, 7) is 2.00. The second-order valence-corrected chi connectivity index (χ2v) is 5.80. The molecule has 0 aliphatic carbocycles. The Kier molecular flexibility index (Phi) is 5.98. The lowest BCUT2D eigenvalue weighted by molar-refractivity contribution is -0.148. The van der Waals surface area contributed by atoms with Gasteiger partial charge in [-0.05, 0) is 25.3 Å². The number of benzene rings is 1. The molecule has 0 saturated carbocycles. The van der Waals surface area contributed by atoms with Gasteiger partial charge in [-0.25, -0.2) is 4.79 Å². The molecule has 23 heavy (non-hydrogen) atoms. The SMILES string of the molecule is COC(=O)[C@@H]1CC[C@@H](C(C)O)N(C(=O)OCc2ccccc2)C1. The zero-order valence-electron chi connectivity index (χ0n) is 13.5. The van der Waals surface area contributed by atoms with Crippen LogP contribution < -0.4 is 0 Å². The highest BCUT2D eigenvalue weighted by molar-refractivity contribution is 5.75. The van der Waals surface area contributed by atoms with Crippen LogP contribution in [0.3, 0.4) is 0 Å². The molecule has 1 fully saturated rings. The number of hydrogen-bond donors (Lipinski definition) is 1. The van der Waals surface area contributed by atoms with Crippen LogP contribution in [0.1, 0.15) is 25.3 Å². The van der Waals surface area contributed by atoms with Crippen molar-refractivity contribution >= 4 is 12.1 Å². The zero-order chi connectivity index (χ0) is 16.8. The molecule has 1 aliphatic rings. The summed E-state index contributed by atoms with van der Waals surface area (Å²) in [7, 11) is 1.33. The molecule has 2 rings (SSSR count). The molecule has 1 N–H and O–H groups in total. The van der Waals surface area contributed by atoms with Crippen LogP contribution in [0.4, 0.5) is 4.79 Å². The van der Waals surface area contributed by atoms with Crippen molar-refractivity contribution in [3.8, 4) is 0 Å². The number of piperidine rings is 1. The Bertz CT molecular complexity index is 531. The number of carbonyl (C=O) groups excluding carboxylic acids is 2. The average Bonchev–Trinajstić information content (AvgIpc) is 2.59. The summed E-state index contributed by atoms with van der Waals surface area (Å²) in [5.41, 5.74) is 0.885. The van der Waals surface area contributed by atoms with E-state index in [1.807, 2.05) is 30.3 Å². The molecule has 1 aliphatic heterocycles. The second kappa shape index (κ2) is 7.97. The van der Waals surface area contributed by atoms with Gasteiger partial charge in [-0.2, -0.15) is 0 Å². The topological polar surface area (TPSA) is 76.1 Å². The third-order valence-corrected chi connectivity index (χ3v) is 4.16. The number of aliphatic hydroxyl groups is 1. The molecule has 1 saturated heterocycles. The Balaban J connectivity index is 2.01.